The minimum absolute atomic E-state index is 0.168. The number of carbonyl (C=O) groups excluding carboxylic acids is 1. The Morgan fingerprint density at radius 2 is 2.00 bits per heavy atom. The third-order valence-corrected chi connectivity index (χ3v) is 6.52. The molecule has 1 N–H and O–H groups in total. The van der Waals surface area contributed by atoms with Gasteiger partial charge < -0.3 is 5.32 Å². The van der Waals surface area contributed by atoms with Crippen LogP contribution in [0.25, 0.3) is 0 Å². The molecule has 1 unspecified atom stereocenters. The summed E-state index contributed by atoms with van der Waals surface area (Å²) in [6.07, 6.45) is 6.38. The zero-order valence-electron chi connectivity index (χ0n) is 13.2. The van der Waals surface area contributed by atoms with Gasteiger partial charge in [-0.25, -0.2) is 12.7 Å². The summed E-state index contributed by atoms with van der Waals surface area (Å²) < 4.78 is 24.9. The van der Waals surface area contributed by atoms with Crippen molar-refractivity contribution in [2.75, 3.05) is 32.4 Å². The SMILES string of the molecule is CCC1(C(=O)CC2CCCN(S(C)(=O)=O)C2)CCNCC1. The first-order valence-electron chi connectivity index (χ1n) is 8.06. The molecule has 2 saturated heterocycles. The molecule has 0 aromatic rings. The highest BCUT2D eigenvalue weighted by molar-refractivity contribution is 7.88. The maximum absolute atomic E-state index is 12.8. The molecule has 1 atom stereocenters. The van der Waals surface area contributed by atoms with Crippen molar-refractivity contribution >= 4 is 15.8 Å². The van der Waals surface area contributed by atoms with Crippen LogP contribution in [-0.2, 0) is 14.8 Å². The summed E-state index contributed by atoms with van der Waals surface area (Å²) in [6, 6.07) is 0. The highest BCUT2D eigenvalue weighted by Gasteiger charge is 2.39. The minimum Gasteiger partial charge on any atom is -0.317 e. The minimum atomic E-state index is -3.13. The molecule has 0 aromatic heterocycles. The van der Waals surface area contributed by atoms with Crippen LogP contribution < -0.4 is 5.32 Å². The van der Waals surface area contributed by atoms with E-state index in [1.807, 2.05) is 0 Å². The lowest BCUT2D eigenvalue weighted by Crippen LogP contribution is -2.44. The first kappa shape index (κ1) is 16.9. The molecule has 2 fully saturated rings. The molecule has 0 saturated carbocycles. The Balaban J connectivity index is 1.98. The molecule has 122 valence electrons. The van der Waals surface area contributed by atoms with Gasteiger partial charge in [0.15, 0.2) is 0 Å². The predicted octanol–water partition coefficient (Wildman–Crippen LogP) is 1.40. The van der Waals surface area contributed by atoms with Gasteiger partial charge in [-0.2, -0.15) is 0 Å². The normalized spacial score (nSPS) is 27.4. The number of piperidine rings is 2. The standard InChI is InChI=1S/C15H28N2O3S/c1-3-15(6-8-16-9-7-15)14(18)11-13-5-4-10-17(12-13)21(2,19)20/h13,16H,3-12H2,1-2H3. The summed E-state index contributed by atoms with van der Waals surface area (Å²) in [7, 11) is -3.13. The van der Waals surface area contributed by atoms with Crippen molar-refractivity contribution in [2.45, 2.75) is 45.4 Å². The molecule has 0 aromatic carbocycles. The number of sulfonamides is 1. The molecular weight excluding hydrogens is 288 g/mol. The van der Waals surface area contributed by atoms with E-state index in [4.69, 9.17) is 0 Å². The Kier molecular flexibility index (Phi) is 5.43. The Morgan fingerprint density at radius 1 is 1.33 bits per heavy atom. The third kappa shape index (κ3) is 4.05. The second-order valence-electron chi connectivity index (χ2n) is 6.64. The number of carbonyl (C=O) groups is 1. The fourth-order valence-electron chi connectivity index (χ4n) is 3.71. The van der Waals surface area contributed by atoms with E-state index in [0.717, 1.165) is 45.2 Å². The maximum atomic E-state index is 12.8. The molecule has 0 bridgehead atoms. The molecule has 5 nitrogen and oxygen atoms in total. The smallest absolute Gasteiger partial charge is 0.211 e. The van der Waals surface area contributed by atoms with E-state index >= 15 is 0 Å². The lowest BCUT2D eigenvalue weighted by atomic mass is 9.70. The van der Waals surface area contributed by atoms with Gasteiger partial charge in [-0.1, -0.05) is 6.92 Å². The van der Waals surface area contributed by atoms with Gasteiger partial charge in [-0.15, -0.1) is 0 Å². The van der Waals surface area contributed by atoms with Crippen molar-refractivity contribution in [3.8, 4) is 0 Å². The van der Waals surface area contributed by atoms with Gasteiger partial charge in [0.2, 0.25) is 10.0 Å². The number of Topliss-reactive ketones (excluding diaryl/α,β-unsaturated/α-hetero) is 1. The van der Waals surface area contributed by atoms with Crippen molar-refractivity contribution in [1.82, 2.24) is 9.62 Å². The molecule has 21 heavy (non-hydrogen) atoms. The largest absolute Gasteiger partial charge is 0.317 e. The van der Waals surface area contributed by atoms with Gasteiger partial charge in [0.25, 0.3) is 0 Å². The number of nitrogens with zero attached hydrogens (tertiary/aromatic N) is 1. The average molecular weight is 316 g/mol. The number of ketones is 1. The van der Waals surface area contributed by atoms with Crippen LogP contribution in [0.5, 0.6) is 0 Å². The van der Waals surface area contributed by atoms with Crippen LogP contribution >= 0.6 is 0 Å². The highest BCUT2D eigenvalue weighted by atomic mass is 32.2. The van der Waals surface area contributed by atoms with E-state index in [1.165, 1.54) is 10.6 Å². The topological polar surface area (TPSA) is 66.5 Å². The Labute approximate surface area is 128 Å². The molecule has 0 aliphatic carbocycles. The first-order valence-corrected chi connectivity index (χ1v) is 9.91. The fraction of sp³-hybridized carbons (Fsp3) is 0.933. The van der Waals surface area contributed by atoms with Crippen molar-refractivity contribution in [1.29, 1.82) is 0 Å². The van der Waals surface area contributed by atoms with Crippen LogP contribution in [0.3, 0.4) is 0 Å². The van der Waals surface area contributed by atoms with Crippen LogP contribution in [0.1, 0.15) is 45.4 Å². The van der Waals surface area contributed by atoms with Gasteiger partial charge in [0.05, 0.1) is 6.26 Å². The lowest BCUT2D eigenvalue weighted by Gasteiger charge is -2.38. The highest BCUT2D eigenvalue weighted by Crippen LogP contribution is 2.36. The van der Waals surface area contributed by atoms with Crippen molar-refractivity contribution in [2.24, 2.45) is 11.3 Å². The van der Waals surface area contributed by atoms with Gasteiger partial charge >= 0.3 is 0 Å². The van der Waals surface area contributed by atoms with Gasteiger partial charge in [-0.05, 0) is 51.1 Å². The molecule has 0 amide bonds. The third-order valence-electron chi connectivity index (χ3n) is 5.25. The van der Waals surface area contributed by atoms with E-state index < -0.39 is 10.0 Å². The zero-order chi connectivity index (χ0) is 15.5. The summed E-state index contributed by atoms with van der Waals surface area (Å²) in [6.45, 7) is 5.06. The first-order chi connectivity index (χ1) is 9.87. The van der Waals surface area contributed by atoms with Crippen molar-refractivity contribution in [3.63, 3.8) is 0 Å². The van der Waals surface area contributed by atoms with E-state index in [2.05, 4.69) is 12.2 Å². The zero-order valence-corrected chi connectivity index (χ0v) is 14.0. The Hall–Kier alpha value is -0.460. The van der Waals surface area contributed by atoms with E-state index in [9.17, 15) is 13.2 Å². The summed E-state index contributed by atoms with van der Waals surface area (Å²) in [5, 5.41) is 3.32. The van der Waals surface area contributed by atoms with E-state index in [-0.39, 0.29) is 11.3 Å². The van der Waals surface area contributed by atoms with Crippen LogP contribution in [0.15, 0.2) is 0 Å². The van der Waals surface area contributed by atoms with Crippen LogP contribution in [-0.4, -0.2) is 50.9 Å². The van der Waals surface area contributed by atoms with E-state index in [1.54, 1.807) is 0 Å². The van der Waals surface area contributed by atoms with Crippen LogP contribution in [0, 0.1) is 11.3 Å². The Bertz CT molecular complexity index is 469. The fourth-order valence-corrected chi connectivity index (χ4v) is 4.65. The lowest BCUT2D eigenvalue weighted by molar-refractivity contribution is -0.131. The van der Waals surface area contributed by atoms with Crippen molar-refractivity contribution < 1.29 is 13.2 Å². The molecule has 0 radical (unpaired) electrons. The van der Waals surface area contributed by atoms with E-state index in [0.29, 0.717) is 25.3 Å². The molecule has 0 spiro atoms. The number of hydrogen-bond acceptors (Lipinski definition) is 4. The molecule has 6 heteroatoms. The van der Waals surface area contributed by atoms with Gasteiger partial charge in [0.1, 0.15) is 5.78 Å². The van der Waals surface area contributed by atoms with Gasteiger partial charge in [-0.3, -0.25) is 4.79 Å². The number of hydrogen-bond donors (Lipinski definition) is 1. The molecule has 2 aliphatic rings. The Morgan fingerprint density at radius 3 is 2.57 bits per heavy atom. The second-order valence-corrected chi connectivity index (χ2v) is 8.62. The average Bonchev–Trinajstić information content (AvgIpc) is 2.47. The van der Waals surface area contributed by atoms with Crippen LogP contribution in [0.2, 0.25) is 0 Å². The quantitative estimate of drug-likeness (QED) is 0.832. The second kappa shape index (κ2) is 6.75. The molecular formula is C15H28N2O3S. The maximum Gasteiger partial charge on any atom is 0.211 e. The molecule has 2 rings (SSSR count). The summed E-state index contributed by atoms with van der Waals surface area (Å²) in [5.41, 5.74) is -0.168. The summed E-state index contributed by atoms with van der Waals surface area (Å²) in [5.74, 6) is 0.547. The summed E-state index contributed by atoms with van der Waals surface area (Å²) >= 11 is 0. The molecule has 2 aliphatic heterocycles. The number of rotatable bonds is 5. The molecule has 2 heterocycles. The predicted molar refractivity (Wildman–Crippen MR) is 83.6 cm³/mol. The van der Waals surface area contributed by atoms with Crippen LogP contribution in [0.4, 0.5) is 0 Å². The summed E-state index contributed by atoms with van der Waals surface area (Å²) in [4.78, 5) is 12.8. The van der Waals surface area contributed by atoms with Gasteiger partial charge in [0, 0.05) is 24.9 Å². The monoisotopic (exact) mass is 316 g/mol. The number of nitrogens with one attached hydrogen (secondary N) is 1. The van der Waals surface area contributed by atoms with Crippen molar-refractivity contribution in [3.05, 3.63) is 0 Å².